The van der Waals surface area contributed by atoms with Crippen molar-refractivity contribution in [2.75, 3.05) is 0 Å². The number of hydrogen-bond donors (Lipinski definition) is 0. The Kier molecular flexibility index (Phi) is 4.42. The van der Waals surface area contributed by atoms with E-state index in [4.69, 9.17) is 4.74 Å². The molecule has 32 heavy (non-hydrogen) atoms. The monoisotopic (exact) mass is 443 g/mol. The van der Waals surface area contributed by atoms with Crippen LogP contribution in [-0.2, 0) is 12.0 Å². The first-order valence-electron chi connectivity index (χ1n) is 11.2. The number of pyridine rings is 1. The van der Waals surface area contributed by atoms with E-state index >= 15 is 0 Å². The standard InChI is InChI=1S/C24H24F3N3O2/c25-24(26,27)32-20-5-1-4-19(10-20)31-14-18-3-2-6-30-21(18)28-29-22(30)23-11-15-7-16(12-23)9-17(8-15)13-23/h1-6,10,15-17H,7-9,11-14H2. The van der Waals surface area contributed by atoms with Crippen LogP contribution in [0.25, 0.3) is 5.65 Å². The van der Waals surface area contributed by atoms with E-state index in [1.807, 2.05) is 18.3 Å². The fourth-order valence-corrected chi connectivity index (χ4v) is 6.75. The van der Waals surface area contributed by atoms with E-state index in [9.17, 15) is 13.2 Å². The van der Waals surface area contributed by atoms with Crippen LogP contribution in [-0.4, -0.2) is 21.0 Å². The van der Waals surface area contributed by atoms with Gasteiger partial charge in [-0.2, -0.15) is 0 Å². The molecule has 168 valence electrons. The van der Waals surface area contributed by atoms with E-state index in [2.05, 4.69) is 19.3 Å². The van der Waals surface area contributed by atoms with Crippen molar-refractivity contribution in [1.29, 1.82) is 0 Å². The summed E-state index contributed by atoms with van der Waals surface area (Å²) < 4.78 is 49.3. The van der Waals surface area contributed by atoms with Gasteiger partial charge in [-0.3, -0.25) is 4.40 Å². The lowest BCUT2D eigenvalue weighted by atomic mass is 9.49. The quantitative estimate of drug-likeness (QED) is 0.510. The van der Waals surface area contributed by atoms with Crippen molar-refractivity contribution in [1.82, 2.24) is 14.6 Å². The molecule has 1 aromatic carbocycles. The van der Waals surface area contributed by atoms with Crippen LogP contribution in [0.4, 0.5) is 13.2 Å². The largest absolute Gasteiger partial charge is 0.573 e. The lowest BCUT2D eigenvalue weighted by Gasteiger charge is -2.55. The van der Waals surface area contributed by atoms with Crippen molar-refractivity contribution in [2.24, 2.45) is 17.8 Å². The van der Waals surface area contributed by atoms with Gasteiger partial charge in [-0.25, -0.2) is 0 Å². The fourth-order valence-electron chi connectivity index (χ4n) is 6.75. The Balaban J connectivity index is 1.25. The van der Waals surface area contributed by atoms with Gasteiger partial charge in [0.1, 0.15) is 23.9 Å². The highest BCUT2D eigenvalue weighted by molar-refractivity contribution is 5.48. The molecule has 0 atom stereocenters. The zero-order chi connectivity index (χ0) is 21.9. The molecule has 0 saturated heterocycles. The summed E-state index contributed by atoms with van der Waals surface area (Å²) >= 11 is 0. The van der Waals surface area contributed by atoms with Crippen molar-refractivity contribution in [2.45, 2.75) is 56.9 Å². The Hall–Kier alpha value is -2.77. The SMILES string of the molecule is FC(F)(F)Oc1cccc(OCc2cccn3c(C45CC6CC(CC(C6)C4)C5)nnc23)c1. The molecular weight excluding hydrogens is 419 g/mol. The number of rotatable bonds is 5. The molecule has 4 bridgehead atoms. The zero-order valence-corrected chi connectivity index (χ0v) is 17.5. The Bertz CT molecular complexity index is 1120. The van der Waals surface area contributed by atoms with Crippen LogP contribution in [0, 0.1) is 17.8 Å². The molecule has 8 heteroatoms. The van der Waals surface area contributed by atoms with E-state index in [1.165, 1.54) is 56.7 Å². The first-order valence-corrected chi connectivity index (χ1v) is 11.2. The van der Waals surface area contributed by atoms with E-state index in [0.717, 1.165) is 34.8 Å². The van der Waals surface area contributed by atoms with E-state index in [-0.39, 0.29) is 17.8 Å². The molecule has 4 aliphatic rings. The Morgan fingerprint density at radius 2 is 1.62 bits per heavy atom. The minimum atomic E-state index is -4.74. The molecule has 4 saturated carbocycles. The van der Waals surface area contributed by atoms with Crippen molar-refractivity contribution in [3.8, 4) is 11.5 Å². The summed E-state index contributed by atoms with van der Waals surface area (Å²) in [5.41, 5.74) is 1.72. The second-order valence-electron chi connectivity index (χ2n) is 9.76. The second kappa shape index (κ2) is 7.12. The number of ether oxygens (including phenoxy) is 2. The third-order valence-electron chi connectivity index (χ3n) is 7.46. The molecule has 2 heterocycles. The van der Waals surface area contributed by atoms with Gasteiger partial charge in [-0.05, 0) is 74.5 Å². The molecule has 0 unspecified atom stereocenters. The second-order valence-corrected chi connectivity index (χ2v) is 9.76. The molecule has 7 rings (SSSR count). The molecule has 3 aromatic rings. The smallest absolute Gasteiger partial charge is 0.489 e. The van der Waals surface area contributed by atoms with Gasteiger partial charge in [-0.15, -0.1) is 23.4 Å². The fraction of sp³-hybridized carbons (Fsp3) is 0.500. The minimum absolute atomic E-state index is 0.122. The zero-order valence-electron chi connectivity index (χ0n) is 17.5. The first kappa shape index (κ1) is 19.9. The van der Waals surface area contributed by atoms with Gasteiger partial charge in [-0.1, -0.05) is 12.1 Å². The number of alkyl halides is 3. The molecule has 0 radical (unpaired) electrons. The number of fused-ring (bicyclic) bond motifs is 1. The highest BCUT2D eigenvalue weighted by Crippen LogP contribution is 2.60. The summed E-state index contributed by atoms with van der Waals surface area (Å²) in [5, 5.41) is 9.18. The Morgan fingerprint density at radius 3 is 2.31 bits per heavy atom. The topological polar surface area (TPSA) is 48.7 Å². The van der Waals surface area contributed by atoms with Crippen LogP contribution >= 0.6 is 0 Å². The molecule has 4 fully saturated rings. The van der Waals surface area contributed by atoms with Crippen molar-refractivity contribution in [3.63, 3.8) is 0 Å². The van der Waals surface area contributed by atoms with Gasteiger partial charge >= 0.3 is 6.36 Å². The van der Waals surface area contributed by atoms with Crippen LogP contribution in [0.1, 0.15) is 49.9 Å². The van der Waals surface area contributed by atoms with Crippen LogP contribution in [0.3, 0.4) is 0 Å². The van der Waals surface area contributed by atoms with E-state index in [0.29, 0.717) is 5.75 Å². The number of aromatic nitrogens is 3. The van der Waals surface area contributed by atoms with Gasteiger partial charge in [0, 0.05) is 23.2 Å². The average Bonchev–Trinajstić information content (AvgIpc) is 3.16. The minimum Gasteiger partial charge on any atom is -0.489 e. The predicted molar refractivity (Wildman–Crippen MR) is 110 cm³/mol. The Labute approximate surface area is 183 Å². The van der Waals surface area contributed by atoms with Crippen molar-refractivity contribution >= 4 is 5.65 Å². The van der Waals surface area contributed by atoms with Gasteiger partial charge < -0.3 is 9.47 Å². The number of halogens is 3. The first-order chi connectivity index (χ1) is 15.4. The summed E-state index contributed by atoms with van der Waals surface area (Å²) in [5.74, 6) is 3.49. The third kappa shape index (κ3) is 3.49. The summed E-state index contributed by atoms with van der Waals surface area (Å²) in [6.45, 7) is 0.179. The van der Waals surface area contributed by atoms with Crippen LogP contribution in [0.15, 0.2) is 42.6 Å². The molecular formula is C24H24F3N3O2. The molecule has 0 N–H and O–H groups in total. The summed E-state index contributed by atoms with van der Waals surface area (Å²) in [7, 11) is 0. The van der Waals surface area contributed by atoms with Gasteiger partial charge in [0.15, 0.2) is 5.65 Å². The highest BCUT2D eigenvalue weighted by Gasteiger charge is 2.53. The van der Waals surface area contributed by atoms with Crippen molar-refractivity contribution in [3.05, 3.63) is 54.0 Å². The molecule has 4 aliphatic carbocycles. The lowest BCUT2D eigenvalue weighted by Crippen LogP contribution is -2.49. The Morgan fingerprint density at radius 1 is 0.938 bits per heavy atom. The van der Waals surface area contributed by atoms with Gasteiger partial charge in [0.05, 0.1) is 0 Å². The third-order valence-corrected chi connectivity index (χ3v) is 7.46. The lowest BCUT2D eigenvalue weighted by molar-refractivity contribution is -0.274. The maximum atomic E-state index is 12.5. The molecule has 2 aromatic heterocycles. The van der Waals surface area contributed by atoms with Gasteiger partial charge in [0.2, 0.25) is 0 Å². The van der Waals surface area contributed by atoms with Crippen LogP contribution < -0.4 is 9.47 Å². The summed E-state index contributed by atoms with van der Waals surface area (Å²) in [4.78, 5) is 0. The van der Waals surface area contributed by atoms with Crippen LogP contribution in [0.2, 0.25) is 0 Å². The summed E-state index contributed by atoms with van der Waals surface area (Å²) in [6, 6.07) is 9.44. The molecule has 5 nitrogen and oxygen atoms in total. The highest BCUT2D eigenvalue weighted by atomic mass is 19.4. The molecule has 0 spiro atoms. The van der Waals surface area contributed by atoms with Crippen molar-refractivity contribution < 1.29 is 22.6 Å². The van der Waals surface area contributed by atoms with E-state index < -0.39 is 6.36 Å². The number of benzene rings is 1. The van der Waals surface area contributed by atoms with E-state index in [1.54, 1.807) is 6.07 Å². The maximum Gasteiger partial charge on any atom is 0.573 e. The number of nitrogens with zero attached hydrogens (tertiary/aromatic N) is 3. The normalized spacial score (nSPS) is 28.9. The van der Waals surface area contributed by atoms with Gasteiger partial charge in [0.25, 0.3) is 0 Å². The molecule has 0 amide bonds. The summed E-state index contributed by atoms with van der Waals surface area (Å²) in [6.07, 6.45) is 4.99. The number of hydrogen-bond acceptors (Lipinski definition) is 4. The molecule has 0 aliphatic heterocycles. The average molecular weight is 443 g/mol. The maximum absolute atomic E-state index is 12.5. The predicted octanol–water partition coefficient (Wildman–Crippen LogP) is 5.67. The van der Waals surface area contributed by atoms with Crippen LogP contribution in [0.5, 0.6) is 11.5 Å².